The van der Waals surface area contributed by atoms with Gasteiger partial charge in [0.2, 0.25) is 0 Å². The first kappa shape index (κ1) is 15.4. The maximum atomic E-state index is 12.8. The Hall–Kier alpha value is -3.08. The summed E-state index contributed by atoms with van der Waals surface area (Å²) in [4.78, 5) is 29.7. The van der Waals surface area contributed by atoms with Crippen molar-refractivity contribution < 1.29 is 14.7 Å². The lowest BCUT2D eigenvalue weighted by Gasteiger charge is -2.38. The fourth-order valence-electron chi connectivity index (χ4n) is 3.87. The number of carbonyl (C=O) groups is 2. The molecule has 1 aliphatic heterocycles. The summed E-state index contributed by atoms with van der Waals surface area (Å²) >= 11 is 0. The van der Waals surface area contributed by atoms with Crippen LogP contribution in [0, 0.1) is 0 Å². The molecule has 2 unspecified atom stereocenters. The maximum absolute atomic E-state index is 12.8. The van der Waals surface area contributed by atoms with Crippen LogP contribution in [0.15, 0.2) is 48.7 Å². The van der Waals surface area contributed by atoms with E-state index in [2.05, 4.69) is 4.98 Å². The minimum atomic E-state index is -0.925. The van der Waals surface area contributed by atoms with E-state index in [1.807, 2.05) is 30.5 Å². The van der Waals surface area contributed by atoms with Gasteiger partial charge in [-0.1, -0.05) is 36.4 Å². The third-order valence-electron chi connectivity index (χ3n) is 5.05. The van der Waals surface area contributed by atoms with Crippen LogP contribution in [0.2, 0.25) is 0 Å². The summed E-state index contributed by atoms with van der Waals surface area (Å²) in [6, 6.07) is 6.45. The van der Waals surface area contributed by atoms with Gasteiger partial charge in [-0.25, -0.2) is 0 Å². The number of fused-ring (bicyclic) bond motifs is 2. The average Bonchev–Trinajstić information content (AvgIpc) is 2.85. The molecule has 0 fully saturated rings. The molecule has 126 valence electrons. The third-order valence-corrected chi connectivity index (χ3v) is 5.05. The molecule has 0 bridgehead atoms. The fraction of sp³-hybridized carbons (Fsp3) is 0.200. The highest BCUT2D eigenvalue weighted by molar-refractivity contribution is 6.00. The zero-order valence-electron chi connectivity index (χ0n) is 13.8. The molecule has 1 aromatic heterocycles. The molecule has 5 nitrogen and oxygen atoms in total. The third kappa shape index (κ3) is 2.31. The van der Waals surface area contributed by atoms with E-state index in [1.165, 1.54) is 0 Å². The number of aromatic amines is 1. The van der Waals surface area contributed by atoms with Gasteiger partial charge >= 0.3 is 5.97 Å². The summed E-state index contributed by atoms with van der Waals surface area (Å²) in [7, 11) is 1.68. The first-order chi connectivity index (χ1) is 12.1. The number of hydrogen-bond donors (Lipinski definition) is 2. The van der Waals surface area contributed by atoms with Gasteiger partial charge in [-0.2, -0.15) is 0 Å². The predicted octanol–water partition coefficient (Wildman–Crippen LogP) is 3.14. The molecule has 0 spiro atoms. The van der Waals surface area contributed by atoms with Crippen molar-refractivity contribution in [1.29, 1.82) is 0 Å². The Labute approximate surface area is 145 Å². The van der Waals surface area contributed by atoms with E-state index < -0.39 is 17.9 Å². The molecule has 2 aromatic rings. The van der Waals surface area contributed by atoms with Crippen molar-refractivity contribution in [2.24, 2.45) is 0 Å². The van der Waals surface area contributed by atoms with Crippen molar-refractivity contribution in [2.75, 3.05) is 7.05 Å². The van der Waals surface area contributed by atoms with Gasteiger partial charge in [0.05, 0.1) is 6.04 Å². The average molecular weight is 334 g/mol. The number of allylic oxidation sites excluding steroid dienone is 3. The van der Waals surface area contributed by atoms with Gasteiger partial charge in [-0.15, -0.1) is 0 Å². The van der Waals surface area contributed by atoms with Crippen LogP contribution >= 0.6 is 0 Å². The first-order valence-corrected chi connectivity index (χ1v) is 8.22. The fourth-order valence-corrected chi connectivity index (χ4v) is 3.87. The topological polar surface area (TPSA) is 73.4 Å². The van der Waals surface area contributed by atoms with Crippen molar-refractivity contribution in [3.05, 3.63) is 76.6 Å². The normalized spacial score (nSPS) is 21.6. The van der Waals surface area contributed by atoms with E-state index in [4.69, 9.17) is 0 Å². The molecule has 5 heteroatoms. The Morgan fingerprint density at radius 2 is 2.04 bits per heavy atom. The summed E-state index contributed by atoms with van der Waals surface area (Å²) in [5.41, 5.74) is 3.92. The number of nitrogens with zero attached hydrogens (tertiary/aromatic N) is 1. The van der Waals surface area contributed by atoms with Crippen LogP contribution in [0.4, 0.5) is 0 Å². The molecule has 2 heterocycles. The molecular formula is C20H18N2O3. The predicted molar refractivity (Wildman–Crippen MR) is 94.3 cm³/mol. The number of amides is 1. The highest BCUT2D eigenvalue weighted by Crippen LogP contribution is 2.43. The van der Waals surface area contributed by atoms with Crippen LogP contribution in [0.5, 0.6) is 0 Å². The van der Waals surface area contributed by atoms with Crippen molar-refractivity contribution in [2.45, 2.75) is 18.4 Å². The van der Waals surface area contributed by atoms with Gasteiger partial charge in [0.15, 0.2) is 0 Å². The molecule has 4 rings (SSSR count). The summed E-state index contributed by atoms with van der Waals surface area (Å²) in [6.07, 6.45) is 10.5. The number of hydrogen-bond acceptors (Lipinski definition) is 2. The van der Waals surface area contributed by atoms with E-state index >= 15 is 0 Å². The molecule has 2 N–H and O–H groups in total. The molecule has 0 radical (unpaired) electrons. The number of carboxylic acid groups (broad SMARTS) is 1. The Morgan fingerprint density at radius 3 is 2.84 bits per heavy atom. The molecule has 1 aliphatic carbocycles. The van der Waals surface area contributed by atoms with Crippen LogP contribution in [0.3, 0.4) is 0 Å². The van der Waals surface area contributed by atoms with Gasteiger partial charge in [-0.05, 0) is 35.3 Å². The number of carbonyl (C=O) groups excluding carboxylic acids is 1. The Morgan fingerprint density at radius 1 is 1.24 bits per heavy atom. The monoisotopic (exact) mass is 334 g/mol. The summed E-state index contributed by atoms with van der Waals surface area (Å²) in [5, 5.41) is 9.94. The summed E-state index contributed by atoms with van der Waals surface area (Å²) in [5.74, 6) is -1.87. The molecule has 25 heavy (non-hydrogen) atoms. The van der Waals surface area contributed by atoms with Crippen molar-refractivity contribution in [3.63, 3.8) is 0 Å². The minimum absolute atomic E-state index is 0.146. The highest BCUT2D eigenvalue weighted by atomic mass is 16.4. The number of benzene rings is 1. The molecular weight excluding hydrogens is 316 g/mol. The van der Waals surface area contributed by atoms with E-state index in [0.29, 0.717) is 17.5 Å². The zero-order chi connectivity index (χ0) is 17.6. The van der Waals surface area contributed by atoms with Gasteiger partial charge < -0.3 is 15.0 Å². The molecule has 0 saturated heterocycles. The number of aliphatic carboxylic acids is 1. The SMILES string of the molecule is CN1C(=O)c2ccccc2C(C(=O)O)C1c1c[nH]c2c1CC=CC=C2. The van der Waals surface area contributed by atoms with Crippen LogP contribution < -0.4 is 0 Å². The second kappa shape index (κ2) is 5.77. The molecule has 0 saturated carbocycles. The van der Waals surface area contributed by atoms with Crippen molar-refractivity contribution in [3.8, 4) is 0 Å². The number of nitrogens with one attached hydrogen (secondary N) is 1. The second-order valence-electron chi connectivity index (χ2n) is 6.39. The quantitative estimate of drug-likeness (QED) is 0.886. The smallest absolute Gasteiger partial charge is 0.313 e. The van der Waals surface area contributed by atoms with Gasteiger partial charge in [0, 0.05) is 24.5 Å². The zero-order valence-corrected chi connectivity index (χ0v) is 13.8. The first-order valence-electron chi connectivity index (χ1n) is 8.22. The Balaban J connectivity index is 1.91. The maximum Gasteiger partial charge on any atom is 0.313 e. The Kier molecular flexibility index (Phi) is 3.57. The van der Waals surface area contributed by atoms with E-state index in [1.54, 1.807) is 36.2 Å². The summed E-state index contributed by atoms with van der Waals surface area (Å²) < 4.78 is 0. The van der Waals surface area contributed by atoms with Crippen molar-refractivity contribution in [1.82, 2.24) is 9.88 Å². The van der Waals surface area contributed by atoms with Crippen LogP contribution in [0.25, 0.3) is 6.08 Å². The van der Waals surface area contributed by atoms with Crippen LogP contribution in [-0.2, 0) is 11.2 Å². The van der Waals surface area contributed by atoms with Gasteiger partial charge in [0.1, 0.15) is 5.92 Å². The lowest BCUT2D eigenvalue weighted by atomic mass is 9.79. The van der Waals surface area contributed by atoms with Gasteiger partial charge in [-0.3, -0.25) is 9.59 Å². The van der Waals surface area contributed by atoms with E-state index in [9.17, 15) is 14.7 Å². The number of aromatic nitrogens is 1. The summed E-state index contributed by atoms with van der Waals surface area (Å²) in [6.45, 7) is 0. The van der Waals surface area contributed by atoms with Crippen LogP contribution in [-0.4, -0.2) is 33.9 Å². The lowest BCUT2D eigenvalue weighted by Crippen LogP contribution is -2.42. The van der Waals surface area contributed by atoms with Crippen molar-refractivity contribution >= 4 is 18.0 Å². The second-order valence-corrected chi connectivity index (χ2v) is 6.39. The van der Waals surface area contributed by atoms with Gasteiger partial charge in [0.25, 0.3) is 5.91 Å². The Bertz CT molecular complexity index is 923. The molecule has 1 aromatic carbocycles. The lowest BCUT2D eigenvalue weighted by molar-refractivity contribution is -0.140. The number of rotatable bonds is 2. The standard InChI is InChI=1S/C20H18N2O3/c1-22-18(15-11-21-16-10-4-2-3-7-12(15)16)17(20(24)25)13-8-5-6-9-14(13)19(22)23/h2-6,8-11,17-18,21H,7H2,1H3,(H,24,25). The largest absolute Gasteiger partial charge is 0.481 e. The molecule has 2 aliphatic rings. The molecule has 2 atom stereocenters. The van der Waals surface area contributed by atoms with E-state index in [0.717, 1.165) is 16.8 Å². The molecule has 1 amide bonds. The van der Waals surface area contributed by atoms with E-state index in [-0.39, 0.29) is 5.91 Å². The number of likely N-dealkylation sites (N-methyl/N-ethyl adjacent to an activating group) is 1. The number of H-pyrrole nitrogens is 1. The van der Waals surface area contributed by atoms with Crippen LogP contribution in [0.1, 0.15) is 44.7 Å². The minimum Gasteiger partial charge on any atom is -0.481 e. The number of carboxylic acids is 1. The highest BCUT2D eigenvalue weighted by Gasteiger charge is 2.43.